The Morgan fingerprint density at radius 1 is 1.05 bits per heavy atom. The van der Waals surface area contributed by atoms with Crippen LogP contribution in [0.2, 0.25) is 0 Å². The molecule has 0 radical (unpaired) electrons. The summed E-state index contributed by atoms with van der Waals surface area (Å²) < 4.78 is 0. The van der Waals surface area contributed by atoms with E-state index in [1.54, 1.807) is 0 Å². The fraction of sp³-hybridized carbons (Fsp3) is 0.312. The van der Waals surface area contributed by atoms with E-state index in [0.29, 0.717) is 0 Å². The summed E-state index contributed by atoms with van der Waals surface area (Å²) in [6.45, 7) is 5.50. The molecule has 0 unspecified atom stereocenters. The molecule has 2 heterocycles. The number of carbonyl (C=O) groups is 1. The molecule has 1 aromatic carbocycles. The van der Waals surface area contributed by atoms with E-state index in [9.17, 15) is 4.79 Å². The molecular formula is C16H18N2OS. The van der Waals surface area contributed by atoms with Gasteiger partial charge in [0.1, 0.15) is 0 Å². The molecule has 0 saturated carbocycles. The van der Waals surface area contributed by atoms with Crippen molar-refractivity contribution >= 4 is 22.9 Å². The minimum absolute atomic E-state index is 0.170. The Bertz CT molecular complexity index is 569. The fourth-order valence-electron chi connectivity index (χ4n) is 2.48. The lowest BCUT2D eigenvalue weighted by Gasteiger charge is -2.36. The van der Waals surface area contributed by atoms with Gasteiger partial charge < -0.3 is 9.80 Å². The van der Waals surface area contributed by atoms with Crippen LogP contribution in [0.4, 0.5) is 5.69 Å². The highest BCUT2D eigenvalue weighted by Gasteiger charge is 2.22. The van der Waals surface area contributed by atoms with Crippen LogP contribution < -0.4 is 4.90 Å². The number of thiophene rings is 1. The minimum Gasteiger partial charge on any atom is -0.368 e. The van der Waals surface area contributed by atoms with Gasteiger partial charge in [-0.1, -0.05) is 23.8 Å². The van der Waals surface area contributed by atoms with Gasteiger partial charge in [-0.25, -0.2) is 0 Å². The Labute approximate surface area is 123 Å². The first kappa shape index (κ1) is 13.2. The molecule has 0 spiro atoms. The maximum atomic E-state index is 12.3. The van der Waals surface area contributed by atoms with Crippen LogP contribution in [0, 0.1) is 6.92 Å². The molecule has 1 aliphatic heterocycles. The summed E-state index contributed by atoms with van der Waals surface area (Å²) >= 11 is 1.52. The first-order valence-corrected chi connectivity index (χ1v) is 7.76. The lowest BCUT2D eigenvalue weighted by molar-refractivity contribution is 0.0751. The zero-order valence-electron chi connectivity index (χ0n) is 11.6. The van der Waals surface area contributed by atoms with Crippen molar-refractivity contribution in [1.82, 2.24) is 4.90 Å². The molecule has 2 aromatic rings. The monoisotopic (exact) mass is 286 g/mol. The zero-order valence-corrected chi connectivity index (χ0v) is 12.4. The fourth-order valence-corrected chi connectivity index (χ4v) is 3.17. The molecule has 20 heavy (non-hydrogen) atoms. The molecular weight excluding hydrogens is 268 g/mol. The Morgan fingerprint density at radius 3 is 2.35 bits per heavy atom. The zero-order chi connectivity index (χ0) is 13.9. The van der Waals surface area contributed by atoms with Crippen molar-refractivity contribution in [2.24, 2.45) is 0 Å². The number of anilines is 1. The second-order valence-corrected chi connectivity index (χ2v) is 6.04. The number of aryl methyl sites for hydroxylation is 1. The number of carbonyl (C=O) groups excluding carboxylic acids is 1. The van der Waals surface area contributed by atoms with Crippen molar-refractivity contribution in [3.63, 3.8) is 0 Å². The summed E-state index contributed by atoms with van der Waals surface area (Å²) in [5.41, 5.74) is 2.53. The largest absolute Gasteiger partial charge is 0.368 e. The SMILES string of the molecule is Cc1ccc(N2CCN(C(=O)c3cccs3)CC2)cc1. The van der Waals surface area contributed by atoms with Crippen molar-refractivity contribution in [3.8, 4) is 0 Å². The number of benzene rings is 1. The third-order valence-corrected chi connectivity index (χ3v) is 4.56. The van der Waals surface area contributed by atoms with Gasteiger partial charge in [0.15, 0.2) is 0 Å². The predicted octanol–water partition coefficient (Wildman–Crippen LogP) is 3.02. The van der Waals surface area contributed by atoms with Gasteiger partial charge in [0.2, 0.25) is 0 Å². The van der Waals surface area contributed by atoms with Crippen LogP contribution in [0.15, 0.2) is 41.8 Å². The molecule has 1 fully saturated rings. The van der Waals surface area contributed by atoms with Crippen LogP contribution in [0.1, 0.15) is 15.2 Å². The average Bonchev–Trinajstić information content (AvgIpc) is 3.02. The van der Waals surface area contributed by atoms with E-state index in [1.807, 2.05) is 22.4 Å². The molecule has 3 rings (SSSR count). The molecule has 4 heteroatoms. The normalized spacial score (nSPS) is 15.4. The van der Waals surface area contributed by atoms with Gasteiger partial charge in [0.05, 0.1) is 4.88 Å². The highest BCUT2D eigenvalue weighted by molar-refractivity contribution is 7.12. The number of nitrogens with zero attached hydrogens (tertiary/aromatic N) is 2. The molecule has 1 amide bonds. The summed E-state index contributed by atoms with van der Waals surface area (Å²) in [5.74, 6) is 0.170. The van der Waals surface area contributed by atoms with Crippen LogP contribution in [0.3, 0.4) is 0 Å². The number of amides is 1. The highest BCUT2D eigenvalue weighted by atomic mass is 32.1. The predicted molar refractivity (Wildman–Crippen MR) is 83.6 cm³/mol. The van der Waals surface area contributed by atoms with Gasteiger partial charge in [0, 0.05) is 31.9 Å². The van der Waals surface area contributed by atoms with E-state index >= 15 is 0 Å². The topological polar surface area (TPSA) is 23.6 Å². The summed E-state index contributed by atoms with van der Waals surface area (Å²) in [7, 11) is 0. The molecule has 1 aliphatic rings. The minimum atomic E-state index is 0.170. The second-order valence-electron chi connectivity index (χ2n) is 5.09. The van der Waals surface area contributed by atoms with Crippen LogP contribution in [-0.4, -0.2) is 37.0 Å². The van der Waals surface area contributed by atoms with Gasteiger partial charge in [-0.15, -0.1) is 11.3 Å². The van der Waals surface area contributed by atoms with Crippen LogP contribution in [0.25, 0.3) is 0 Å². The lowest BCUT2D eigenvalue weighted by atomic mass is 10.2. The smallest absolute Gasteiger partial charge is 0.264 e. The summed E-state index contributed by atoms with van der Waals surface area (Å²) in [5, 5.41) is 1.95. The molecule has 0 bridgehead atoms. The Hall–Kier alpha value is -1.81. The third kappa shape index (κ3) is 2.70. The molecule has 1 saturated heterocycles. The van der Waals surface area contributed by atoms with E-state index in [4.69, 9.17) is 0 Å². The van der Waals surface area contributed by atoms with E-state index in [-0.39, 0.29) is 5.91 Å². The molecule has 0 aliphatic carbocycles. The Balaban J connectivity index is 1.62. The number of hydrogen-bond donors (Lipinski definition) is 0. The van der Waals surface area contributed by atoms with E-state index in [2.05, 4.69) is 36.1 Å². The molecule has 3 nitrogen and oxygen atoms in total. The standard InChI is InChI=1S/C16H18N2OS/c1-13-4-6-14(7-5-13)17-8-10-18(11-9-17)16(19)15-3-2-12-20-15/h2-7,12H,8-11H2,1H3. The van der Waals surface area contributed by atoms with Gasteiger partial charge in [-0.3, -0.25) is 4.79 Å². The van der Waals surface area contributed by atoms with Gasteiger partial charge >= 0.3 is 0 Å². The molecule has 1 aromatic heterocycles. The maximum Gasteiger partial charge on any atom is 0.264 e. The number of piperazine rings is 1. The van der Waals surface area contributed by atoms with Crippen molar-refractivity contribution < 1.29 is 4.79 Å². The first-order chi connectivity index (χ1) is 9.74. The van der Waals surface area contributed by atoms with Gasteiger partial charge in [-0.2, -0.15) is 0 Å². The Morgan fingerprint density at radius 2 is 1.75 bits per heavy atom. The van der Waals surface area contributed by atoms with E-state index < -0.39 is 0 Å². The summed E-state index contributed by atoms with van der Waals surface area (Å²) in [6.07, 6.45) is 0. The number of hydrogen-bond acceptors (Lipinski definition) is 3. The van der Waals surface area contributed by atoms with Crippen LogP contribution >= 0.6 is 11.3 Å². The molecule has 0 N–H and O–H groups in total. The van der Waals surface area contributed by atoms with E-state index in [1.165, 1.54) is 22.6 Å². The van der Waals surface area contributed by atoms with Gasteiger partial charge in [0.25, 0.3) is 5.91 Å². The summed E-state index contributed by atoms with van der Waals surface area (Å²) in [6, 6.07) is 12.4. The van der Waals surface area contributed by atoms with Crippen molar-refractivity contribution in [2.75, 3.05) is 31.1 Å². The molecule has 104 valence electrons. The van der Waals surface area contributed by atoms with Gasteiger partial charge in [-0.05, 0) is 30.5 Å². The van der Waals surface area contributed by atoms with Crippen LogP contribution in [-0.2, 0) is 0 Å². The second kappa shape index (κ2) is 5.67. The summed E-state index contributed by atoms with van der Waals surface area (Å²) in [4.78, 5) is 17.4. The highest BCUT2D eigenvalue weighted by Crippen LogP contribution is 2.19. The third-order valence-electron chi connectivity index (χ3n) is 3.70. The Kier molecular flexibility index (Phi) is 3.74. The quantitative estimate of drug-likeness (QED) is 0.847. The maximum absolute atomic E-state index is 12.3. The number of rotatable bonds is 2. The molecule has 0 atom stereocenters. The first-order valence-electron chi connectivity index (χ1n) is 6.88. The average molecular weight is 286 g/mol. The lowest BCUT2D eigenvalue weighted by Crippen LogP contribution is -2.48. The van der Waals surface area contributed by atoms with E-state index in [0.717, 1.165) is 31.1 Å². The van der Waals surface area contributed by atoms with Crippen molar-refractivity contribution in [2.45, 2.75) is 6.92 Å². The van der Waals surface area contributed by atoms with Crippen molar-refractivity contribution in [1.29, 1.82) is 0 Å². The van der Waals surface area contributed by atoms with Crippen molar-refractivity contribution in [3.05, 3.63) is 52.2 Å². The van der Waals surface area contributed by atoms with Crippen LogP contribution in [0.5, 0.6) is 0 Å².